The maximum Gasteiger partial charge on any atom is 0.336 e. The second kappa shape index (κ2) is 11.1. The van der Waals surface area contributed by atoms with Crippen molar-refractivity contribution in [3.8, 4) is 11.3 Å². The molecule has 5 rings (SSSR count). The minimum absolute atomic E-state index is 0.123. The molecule has 2 aromatic carbocycles. The first kappa shape index (κ1) is 26.1. The number of carboxylic acid groups (broad SMARTS) is 1. The van der Waals surface area contributed by atoms with Gasteiger partial charge < -0.3 is 25.1 Å². The summed E-state index contributed by atoms with van der Waals surface area (Å²) >= 11 is 5.71. The van der Waals surface area contributed by atoms with E-state index in [4.69, 9.17) is 16.6 Å². The van der Waals surface area contributed by atoms with E-state index in [9.17, 15) is 14.7 Å². The number of furan rings is 1. The first-order valence-corrected chi connectivity index (χ1v) is 13.0. The van der Waals surface area contributed by atoms with Gasteiger partial charge in [0.05, 0.1) is 17.3 Å². The quantitative estimate of drug-likeness (QED) is 0.246. The van der Waals surface area contributed by atoms with Gasteiger partial charge >= 0.3 is 5.97 Å². The Labute approximate surface area is 231 Å². The number of carboxylic acids is 1. The van der Waals surface area contributed by atoms with Crippen LogP contribution in [0, 0.1) is 13.8 Å². The summed E-state index contributed by atoms with van der Waals surface area (Å²) in [6, 6.07) is 21.2. The molecule has 2 atom stereocenters. The standard InChI is InChI=1S/C30H28N4O4S/c1-18-10-11-19(2)23(17-18)32-26(35)14-16-34-28(27(33-30(34)39)22-9-5-6-15-31-22)25-13-12-24(38-25)20-7-3-4-8-21(20)29(36)37/h3-13,15,17,27-28H,14,16H2,1-2H3,(H,32,35)(H,33,39)(H,36,37)/t27-,28+/m1/s1. The molecule has 1 aliphatic heterocycles. The number of carbonyl (C=O) groups is 2. The van der Waals surface area contributed by atoms with E-state index in [0.717, 1.165) is 22.5 Å². The normalized spacial score (nSPS) is 16.7. The minimum atomic E-state index is -1.03. The minimum Gasteiger partial charge on any atom is -0.478 e. The Kier molecular flexibility index (Phi) is 7.42. The Balaban J connectivity index is 1.43. The van der Waals surface area contributed by atoms with E-state index < -0.39 is 12.0 Å². The van der Waals surface area contributed by atoms with Gasteiger partial charge in [0.25, 0.3) is 0 Å². The van der Waals surface area contributed by atoms with Crippen molar-refractivity contribution < 1.29 is 19.1 Å². The number of nitrogens with zero attached hydrogens (tertiary/aromatic N) is 2. The van der Waals surface area contributed by atoms with Gasteiger partial charge in [-0.05, 0) is 73.6 Å². The van der Waals surface area contributed by atoms with Crippen LogP contribution in [-0.4, -0.2) is 38.5 Å². The summed E-state index contributed by atoms with van der Waals surface area (Å²) in [4.78, 5) is 31.2. The Morgan fingerprint density at radius 2 is 1.87 bits per heavy atom. The second-order valence-electron chi connectivity index (χ2n) is 9.49. The fourth-order valence-corrected chi connectivity index (χ4v) is 5.13. The molecule has 0 radical (unpaired) electrons. The highest BCUT2D eigenvalue weighted by Gasteiger charge is 2.41. The molecule has 4 aromatic rings. The molecule has 39 heavy (non-hydrogen) atoms. The highest BCUT2D eigenvalue weighted by Crippen LogP contribution is 2.40. The number of carbonyl (C=O) groups excluding carboxylic acids is 1. The lowest BCUT2D eigenvalue weighted by Crippen LogP contribution is -2.32. The number of thiocarbonyl (C=S) groups is 1. The number of rotatable bonds is 8. The first-order valence-electron chi connectivity index (χ1n) is 12.6. The van der Waals surface area contributed by atoms with Crippen molar-refractivity contribution >= 4 is 34.9 Å². The molecular formula is C30H28N4O4S. The van der Waals surface area contributed by atoms with Crippen LogP contribution in [0.15, 0.2) is 83.4 Å². The number of benzene rings is 2. The molecule has 3 heterocycles. The van der Waals surface area contributed by atoms with Gasteiger partial charge in [0.15, 0.2) is 5.11 Å². The third kappa shape index (κ3) is 5.53. The average Bonchev–Trinajstić information content (AvgIpc) is 3.54. The zero-order valence-electron chi connectivity index (χ0n) is 21.5. The summed E-state index contributed by atoms with van der Waals surface area (Å²) in [6.07, 6.45) is 1.92. The molecule has 1 saturated heterocycles. The monoisotopic (exact) mass is 540 g/mol. The Morgan fingerprint density at radius 1 is 1.08 bits per heavy atom. The van der Waals surface area contributed by atoms with Gasteiger partial charge in [0.1, 0.15) is 17.6 Å². The van der Waals surface area contributed by atoms with E-state index in [1.165, 1.54) is 0 Å². The fourth-order valence-electron chi connectivity index (χ4n) is 4.80. The number of hydrogen-bond acceptors (Lipinski definition) is 5. The SMILES string of the molecule is Cc1ccc(C)c(NC(=O)CCN2C(=S)N[C@H](c3ccccn3)[C@@H]2c2ccc(-c3ccccc3C(=O)O)o2)c1. The number of pyridine rings is 1. The second-order valence-corrected chi connectivity index (χ2v) is 9.88. The molecule has 0 spiro atoms. The van der Waals surface area contributed by atoms with Crippen LogP contribution in [0.5, 0.6) is 0 Å². The van der Waals surface area contributed by atoms with Crippen LogP contribution in [0.4, 0.5) is 5.69 Å². The van der Waals surface area contributed by atoms with Crippen molar-refractivity contribution in [1.29, 1.82) is 0 Å². The van der Waals surface area contributed by atoms with E-state index in [0.29, 0.717) is 28.7 Å². The average molecular weight is 541 g/mol. The summed E-state index contributed by atoms with van der Waals surface area (Å²) in [5.74, 6) is -0.131. The van der Waals surface area contributed by atoms with Gasteiger partial charge in [0.2, 0.25) is 5.91 Å². The zero-order valence-corrected chi connectivity index (χ0v) is 22.4. The van der Waals surface area contributed by atoms with Gasteiger partial charge in [-0.3, -0.25) is 9.78 Å². The lowest BCUT2D eigenvalue weighted by atomic mass is 10.0. The molecule has 2 aromatic heterocycles. The molecule has 0 bridgehead atoms. The highest BCUT2D eigenvalue weighted by molar-refractivity contribution is 7.80. The van der Waals surface area contributed by atoms with Crippen molar-refractivity contribution in [2.24, 2.45) is 0 Å². The zero-order chi connectivity index (χ0) is 27.5. The predicted molar refractivity (Wildman–Crippen MR) is 152 cm³/mol. The van der Waals surface area contributed by atoms with Gasteiger partial charge in [0, 0.05) is 30.4 Å². The Hall–Kier alpha value is -4.50. The van der Waals surface area contributed by atoms with Crippen molar-refractivity contribution in [1.82, 2.24) is 15.2 Å². The third-order valence-electron chi connectivity index (χ3n) is 6.79. The van der Waals surface area contributed by atoms with Gasteiger partial charge in [-0.2, -0.15) is 0 Å². The molecule has 198 valence electrons. The largest absolute Gasteiger partial charge is 0.478 e. The van der Waals surface area contributed by atoms with E-state index in [-0.39, 0.29) is 23.9 Å². The number of aromatic nitrogens is 1. The Morgan fingerprint density at radius 3 is 2.64 bits per heavy atom. The van der Waals surface area contributed by atoms with Crippen LogP contribution >= 0.6 is 12.2 Å². The molecule has 0 aliphatic carbocycles. The first-order chi connectivity index (χ1) is 18.8. The van der Waals surface area contributed by atoms with E-state index in [1.807, 2.05) is 61.2 Å². The van der Waals surface area contributed by atoms with Gasteiger partial charge in [-0.15, -0.1) is 0 Å². The smallest absolute Gasteiger partial charge is 0.336 e. The number of anilines is 1. The summed E-state index contributed by atoms with van der Waals surface area (Å²) in [5, 5.41) is 16.5. The van der Waals surface area contributed by atoms with Crippen molar-refractivity contribution in [3.05, 3.63) is 107 Å². The summed E-state index contributed by atoms with van der Waals surface area (Å²) in [7, 11) is 0. The molecule has 0 saturated carbocycles. The van der Waals surface area contributed by atoms with Crippen LogP contribution < -0.4 is 10.6 Å². The van der Waals surface area contributed by atoms with Crippen LogP contribution in [0.25, 0.3) is 11.3 Å². The summed E-state index contributed by atoms with van der Waals surface area (Å²) < 4.78 is 6.27. The fraction of sp³-hybridized carbons (Fsp3) is 0.200. The number of hydrogen-bond donors (Lipinski definition) is 3. The van der Waals surface area contributed by atoms with Gasteiger partial charge in [-0.1, -0.05) is 36.4 Å². The Bertz CT molecular complexity index is 1530. The number of aryl methyl sites for hydroxylation is 2. The van der Waals surface area contributed by atoms with Gasteiger partial charge in [-0.25, -0.2) is 4.79 Å². The van der Waals surface area contributed by atoms with Crippen molar-refractivity contribution in [2.45, 2.75) is 32.4 Å². The molecule has 1 aliphatic rings. The third-order valence-corrected chi connectivity index (χ3v) is 7.14. The number of amides is 1. The molecule has 9 heteroatoms. The van der Waals surface area contributed by atoms with Crippen LogP contribution in [0.2, 0.25) is 0 Å². The molecule has 0 unspecified atom stereocenters. The maximum absolute atomic E-state index is 12.9. The lowest BCUT2D eigenvalue weighted by Gasteiger charge is -2.26. The highest BCUT2D eigenvalue weighted by atomic mass is 32.1. The maximum atomic E-state index is 12.9. The van der Waals surface area contributed by atoms with E-state index >= 15 is 0 Å². The predicted octanol–water partition coefficient (Wildman–Crippen LogP) is 5.66. The molecular weight excluding hydrogens is 512 g/mol. The molecule has 1 fully saturated rings. The van der Waals surface area contributed by atoms with Crippen LogP contribution in [0.3, 0.4) is 0 Å². The lowest BCUT2D eigenvalue weighted by molar-refractivity contribution is -0.116. The molecule has 1 amide bonds. The van der Waals surface area contributed by atoms with Crippen LogP contribution in [0.1, 0.15) is 51.4 Å². The topological polar surface area (TPSA) is 108 Å². The molecule has 8 nitrogen and oxygen atoms in total. The number of nitrogens with one attached hydrogen (secondary N) is 2. The van der Waals surface area contributed by atoms with Crippen LogP contribution in [-0.2, 0) is 4.79 Å². The number of aromatic carboxylic acids is 1. The summed E-state index contributed by atoms with van der Waals surface area (Å²) in [6.45, 7) is 4.29. The van der Waals surface area contributed by atoms with E-state index in [2.05, 4.69) is 15.6 Å². The molecule has 3 N–H and O–H groups in total. The van der Waals surface area contributed by atoms with Crippen molar-refractivity contribution in [2.75, 3.05) is 11.9 Å². The van der Waals surface area contributed by atoms with E-state index in [1.54, 1.807) is 36.5 Å². The summed E-state index contributed by atoms with van der Waals surface area (Å²) in [5.41, 5.74) is 4.26. The van der Waals surface area contributed by atoms with Crippen molar-refractivity contribution in [3.63, 3.8) is 0 Å².